The first-order valence-corrected chi connectivity index (χ1v) is 9.08. The molecule has 23 heavy (non-hydrogen) atoms. The minimum absolute atomic E-state index is 0.0101. The number of fused-ring (bicyclic) bond motifs is 1. The number of nitrogens with zero attached hydrogens (tertiary/aromatic N) is 1. The summed E-state index contributed by atoms with van der Waals surface area (Å²) < 4.78 is 0. The van der Waals surface area contributed by atoms with Crippen molar-refractivity contribution >= 4 is 29.5 Å². The number of aromatic nitrogens is 1. The number of aryl methyl sites for hydroxylation is 1. The van der Waals surface area contributed by atoms with Crippen LogP contribution in [0.15, 0.2) is 18.3 Å². The van der Waals surface area contributed by atoms with Gasteiger partial charge in [-0.1, -0.05) is 6.42 Å². The maximum atomic E-state index is 11.9. The molecule has 0 unspecified atom stereocenters. The monoisotopic (exact) mass is 334 g/mol. The molecule has 124 valence electrons. The van der Waals surface area contributed by atoms with E-state index in [9.17, 15) is 9.59 Å². The second-order valence-corrected chi connectivity index (χ2v) is 7.41. The SMILES string of the molecule is Cc1ccnc(NC(=O)CCCC[C@H]2SC[C@@H]3NC(=O)N[C@H]32)c1. The number of hydrogen-bond acceptors (Lipinski definition) is 4. The Morgan fingerprint density at radius 3 is 3.13 bits per heavy atom. The lowest BCUT2D eigenvalue weighted by atomic mass is 10.0. The molecule has 3 N–H and O–H groups in total. The first-order valence-electron chi connectivity index (χ1n) is 8.03. The number of anilines is 1. The second-order valence-electron chi connectivity index (χ2n) is 6.13. The smallest absolute Gasteiger partial charge is 0.315 e. The Kier molecular flexibility index (Phi) is 5.05. The summed E-state index contributed by atoms with van der Waals surface area (Å²) in [7, 11) is 0. The Labute approximate surface area is 140 Å². The number of thioether (sulfide) groups is 1. The first-order chi connectivity index (χ1) is 11.1. The number of carbonyl (C=O) groups is 2. The number of pyridine rings is 1. The summed E-state index contributed by atoms with van der Waals surface area (Å²) in [5.41, 5.74) is 1.08. The summed E-state index contributed by atoms with van der Waals surface area (Å²) >= 11 is 1.91. The third-order valence-electron chi connectivity index (χ3n) is 4.26. The Morgan fingerprint density at radius 1 is 1.43 bits per heavy atom. The van der Waals surface area contributed by atoms with E-state index in [1.807, 2.05) is 30.8 Å². The number of nitrogens with one attached hydrogen (secondary N) is 3. The average molecular weight is 334 g/mol. The van der Waals surface area contributed by atoms with Crippen molar-refractivity contribution in [3.63, 3.8) is 0 Å². The minimum Gasteiger partial charge on any atom is -0.332 e. The van der Waals surface area contributed by atoms with E-state index in [0.717, 1.165) is 30.6 Å². The summed E-state index contributed by atoms with van der Waals surface area (Å²) in [6.45, 7) is 1.97. The van der Waals surface area contributed by atoms with E-state index in [1.165, 1.54) is 0 Å². The zero-order valence-electron chi connectivity index (χ0n) is 13.2. The van der Waals surface area contributed by atoms with Gasteiger partial charge in [0.05, 0.1) is 12.1 Å². The highest BCUT2D eigenvalue weighted by Gasteiger charge is 2.42. The van der Waals surface area contributed by atoms with Crippen LogP contribution in [-0.2, 0) is 4.79 Å². The molecular weight excluding hydrogens is 312 g/mol. The van der Waals surface area contributed by atoms with Gasteiger partial charge in [-0.15, -0.1) is 0 Å². The van der Waals surface area contributed by atoms with Crippen molar-refractivity contribution in [2.24, 2.45) is 0 Å². The van der Waals surface area contributed by atoms with Gasteiger partial charge in [0.2, 0.25) is 5.91 Å². The molecular formula is C16H22N4O2S. The Bertz CT molecular complexity index is 595. The average Bonchev–Trinajstić information content (AvgIpc) is 3.03. The first kappa shape index (κ1) is 16.1. The predicted octanol–water partition coefficient (Wildman–Crippen LogP) is 2.05. The molecule has 2 aliphatic heterocycles. The van der Waals surface area contributed by atoms with Gasteiger partial charge in [0, 0.05) is 23.6 Å². The predicted molar refractivity (Wildman–Crippen MR) is 91.6 cm³/mol. The van der Waals surface area contributed by atoms with Crippen LogP contribution in [0.3, 0.4) is 0 Å². The molecule has 2 aliphatic rings. The maximum absolute atomic E-state index is 11.9. The lowest BCUT2D eigenvalue weighted by molar-refractivity contribution is -0.116. The molecule has 0 spiro atoms. The molecule has 2 fully saturated rings. The molecule has 0 aliphatic carbocycles. The quantitative estimate of drug-likeness (QED) is 0.549. The summed E-state index contributed by atoms with van der Waals surface area (Å²) in [6, 6.07) is 4.24. The molecule has 0 bridgehead atoms. The minimum atomic E-state index is -0.0460. The third-order valence-corrected chi connectivity index (χ3v) is 5.77. The lowest BCUT2D eigenvalue weighted by Gasteiger charge is -2.16. The zero-order valence-corrected chi connectivity index (χ0v) is 14.0. The van der Waals surface area contributed by atoms with Crippen molar-refractivity contribution < 1.29 is 9.59 Å². The molecule has 6 nitrogen and oxygen atoms in total. The fourth-order valence-corrected chi connectivity index (χ4v) is 4.63. The summed E-state index contributed by atoms with van der Waals surface area (Å²) in [5.74, 6) is 1.60. The van der Waals surface area contributed by atoms with Gasteiger partial charge in [-0.2, -0.15) is 11.8 Å². The number of unbranched alkanes of at least 4 members (excludes halogenated alkanes) is 1. The lowest BCUT2D eigenvalue weighted by Crippen LogP contribution is -2.36. The molecule has 3 atom stereocenters. The van der Waals surface area contributed by atoms with Crippen LogP contribution in [0, 0.1) is 6.92 Å². The highest BCUT2D eigenvalue weighted by atomic mass is 32.2. The Hall–Kier alpha value is -1.76. The molecule has 3 rings (SSSR count). The molecule has 0 saturated carbocycles. The van der Waals surface area contributed by atoms with Gasteiger partial charge in [-0.3, -0.25) is 4.79 Å². The van der Waals surface area contributed by atoms with Crippen molar-refractivity contribution in [3.05, 3.63) is 23.9 Å². The number of hydrogen-bond donors (Lipinski definition) is 3. The summed E-state index contributed by atoms with van der Waals surface area (Å²) in [4.78, 5) is 27.4. The highest BCUT2D eigenvalue weighted by molar-refractivity contribution is 8.00. The molecule has 1 aromatic heterocycles. The van der Waals surface area contributed by atoms with Gasteiger partial charge < -0.3 is 16.0 Å². The van der Waals surface area contributed by atoms with Gasteiger partial charge >= 0.3 is 6.03 Å². The molecule has 3 amide bonds. The van der Waals surface area contributed by atoms with Gasteiger partial charge in [0.15, 0.2) is 0 Å². The fraction of sp³-hybridized carbons (Fsp3) is 0.562. The van der Waals surface area contributed by atoms with E-state index in [2.05, 4.69) is 20.9 Å². The van der Waals surface area contributed by atoms with Crippen molar-refractivity contribution in [1.82, 2.24) is 15.6 Å². The number of carbonyl (C=O) groups excluding carboxylic acids is 2. The topological polar surface area (TPSA) is 83.1 Å². The number of rotatable bonds is 6. The van der Waals surface area contributed by atoms with E-state index >= 15 is 0 Å². The van der Waals surface area contributed by atoms with Gasteiger partial charge in [-0.05, 0) is 37.5 Å². The molecule has 0 aromatic carbocycles. The zero-order chi connectivity index (χ0) is 16.2. The van der Waals surface area contributed by atoms with E-state index in [0.29, 0.717) is 17.5 Å². The number of urea groups is 1. The second kappa shape index (κ2) is 7.21. The van der Waals surface area contributed by atoms with Crippen molar-refractivity contribution in [1.29, 1.82) is 0 Å². The summed E-state index contributed by atoms with van der Waals surface area (Å²) in [5, 5.41) is 9.23. The van der Waals surface area contributed by atoms with E-state index < -0.39 is 0 Å². The van der Waals surface area contributed by atoms with Crippen LogP contribution in [0.5, 0.6) is 0 Å². The Morgan fingerprint density at radius 2 is 2.30 bits per heavy atom. The maximum Gasteiger partial charge on any atom is 0.315 e. The van der Waals surface area contributed by atoms with Crippen LogP contribution in [0.2, 0.25) is 0 Å². The van der Waals surface area contributed by atoms with Gasteiger partial charge in [0.1, 0.15) is 5.82 Å². The van der Waals surface area contributed by atoms with E-state index in [1.54, 1.807) is 6.20 Å². The molecule has 2 saturated heterocycles. The molecule has 7 heteroatoms. The van der Waals surface area contributed by atoms with E-state index in [-0.39, 0.29) is 24.0 Å². The van der Waals surface area contributed by atoms with Crippen LogP contribution in [0.1, 0.15) is 31.2 Å². The van der Waals surface area contributed by atoms with Gasteiger partial charge in [0.25, 0.3) is 0 Å². The number of amides is 3. The van der Waals surface area contributed by atoms with Crippen LogP contribution in [0.4, 0.5) is 10.6 Å². The van der Waals surface area contributed by atoms with Crippen LogP contribution in [-0.4, -0.2) is 40.0 Å². The van der Waals surface area contributed by atoms with Crippen LogP contribution >= 0.6 is 11.8 Å². The Balaban J connectivity index is 1.35. The standard InChI is InChI=1S/C16H22N4O2S/c1-10-6-7-17-13(8-10)19-14(21)5-3-2-4-12-15-11(9-23-12)18-16(22)20-15/h6-8,11-12,15H,2-5,9H2,1H3,(H,17,19,21)(H2,18,20,22)/t11-,12+,15+/m0/s1. The van der Waals surface area contributed by atoms with E-state index in [4.69, 9.17) is 0 Å². The van der Waals surface area contributed by atoms with Gasteiger partial charge in [-0.25, -0.2) is 9.78 Å². The largest absolute Gasteiger partial charge is 0.332 e. The third kappa shape index (κ3) is 4.16. The van der Waals surface area contributed by atoms with Crippen LogP contribution in [0.25, 0.3) is 0 Å². The normalized spacial score (nSPS) is 25.6. The van der Waals surface area contributed by atoms with Crippen molar-refractivity contribution in [2.45, 2.75) is 49.9 Å². The highest BCUT2D eigenvalue weighted by Crippen LogP contribution is 2.33. The van der Waals surface area contributed by atoms with Crippen molar-refractivity contribution in [2.75, 3.05) is 11.1 Å². The molecule has 1 aromatic rings. The fourth-order valence-electron chi connectivity index (χ4n) is 3.08. The molecule has 3 heterocycles. The summed E-state index contributed by atoms with van der Waals surface area (Å²) in [6.07, 6.45) is 5.08. The molecule has 0 radical (unpaired) electrons. The van der Waals surface area contributed by atoms with Crippen molar-refractivity contribution in [3.8, 4) is 0 Å². The van der Waals surface area contributed by atoms with Crippen LogP contribution < -0.4 is 16.0 Å².